The Labute approximate surface area is 120 Å². The van der Waals surface area contributed by atoms with Crippen LogP contribution in [0, 0.1) is 11.7 Å². The van der Waals surface area contributed by atoms with Gasteiger partial charge in [0.15, 0.2) is 0 Å². The average molecular weight is 330 g/mol. The number of amides is 1. The summed E-state index contributed by atoms with van der Waals surface area (Å²) >= 11 is 3.24. The lowest BCUT2D eigenvalue weighted by molar-refractivity contribution is 0.0936. The van der Waals surface area contributed by atoms with Crippen LogP contribution in [0.5, 0.6) is 0 Å². The van der Waals surface area contributed by atoms with Crippen LogP contribution in [0.2, 0.25) is 0 Å². The number of halogens is 2. The minimum atomic E-state index is -0.416. The molecule has 1 saturated carbocycles. The molecule has 5 heteroatoms. The number of carbonyl (C=O) groups excluding carboxylic acids is 1. The molecule has 104 valence electrons. The van der Waals surface area contributed by atoms with Crippen LogP contribution in [0.15, 0.2) is 22.7 Å². The molecular formula is C14H17BrFNO2. The van der Waals surface area contributed by atoms with Crippen molar-refractivity contribution >= 4 is 21.8 Å². The van der Waals surface area contributed by atoms with E-state index >= 15 is 0 Å². The van der Waals surface area contributed by atoms with Crippen molar-refractivity contribution in [2.24, 2.45) is 5.92 Å². The molecule has 0 aliphatic heterocycles. The summed E-state index contributed by atoms with van der Waals surface area (Å²) in [5.74, 6) is 0.0764. The van der Waals surface area contributed by atoms with E-state index in [9.17, 15) is 9.18 Å². The van der Waals surface area contributed by atoms with Gasteiger partial charge in [0.2, 0.25) is 0 Å². The molecule has 1 aliphatic carbocycles. The summed E-state index contributed by atoms with van der Waals surface area (Å²) in [6.07, 6.45) is 3.33. The summed E-state index contributed by atoms with van der Waals surface area (Å²) < 4.78 is 19.1. The van der Waals surface area contributed by atoms with Crippen LogP contribution in [0.3, 0.4) is 0 Å². The highest BCUT2D eigenvalue weighted by atomic mass is 79.9. The number of hydrogen-bond donors (Lipinski definition) is 1. The van der Waals surface area contributed by atoms with Gasteiger partial charge >= 0.3 is 0 Å². The Bertz CT molecular complexity index is 449. The summed E-state index contributed by atoms with van der Waals surface area (Å²) in [6.45, 7) is 2.02. The normalized spacial score (nSPS) is 14.4. The third-order valence-electron chi connectivity index (χ3n) is 2.97. The maximum Gasteiger partial charge on any atom is 0.252 e. The molecule has 1 N–H and O–H groups in total. The van der Waals surface area contributed by atoms with Gasteiger partial charge in [-0.2, -0.15) is 0 Å². The summed E-state index contributed by atoms with van der Waals surface area (Å²) in [6, 6.07) is 4.07. The van der Waals surface area contributed by atoms with Crippen molar-refractivity contribution in [2.75, 3.05) is 19.8 Å². The number of benzene rings is 1. The van der Waals surface area contributed by atoms with Gasteiger partial charge in [0.1, 0.15) is 5.82 Å². The van der Waals surface area contributed by atoms with Gasteiger partial charge in [-0.05, 0) is 59.3 Å². The monoisotopic (exact) mass is 329 g/mol. The van der Waals surface area contributed by atoms with Gasteiger partial charge in [0, 0.05) is 24.2 Å². The standard InChI is InChI=1S/C14H17BrFNO2/c15-13-5-4-11(16)8-12(13)14(18)17-6-1-7-19-9-10-2-3-10/h4-5,8,10H,1-3,6-7,9H2,(H,17,18). The Kier molecular flexibility index (Phi) is 5.34. The second-order valence-electron chi connectivity index (χ2n) is 4.75. The second-order valence-corrected chi connectivity index (χ2v) is 5.61. The predicted molar refractivity (Wildman–Crippen MR) is 74.6 cm³/mol. The van der Waals surface area contributed by atoms with E-state index in [4.69, 9.17) is 4.74 Å². The zero-order chi connectivity index (χ0) is 13.7. The molecule has 0 atom stereocenters. The fourth-order valence-corrected chi connectivity index (χ4v) is 2.10. The zero-order valence-corrected chi connectivity index (χ0v) is 12.2. The van der Waals surface area contributed by atoms with Gasteiger partial charge in [0.25, 0.3) is 5.91 Å². The predicted octanol–water partition coefficient (Wildman–Crippen LogP) is 3.13. The van der Waals surface area contributed by atoms with Crippen LogP contribution < -0.4 is 5.32 Å². The zero-order valence-electron chi connectivity index (χ0n) is 10.6. The van der Waals surface area contributed by atoms with E-state index in [2.05, 4.69) is 21.2 Å². The van der Waals surface area contributed by atoms with E-state index in [1.807, 2.05) is 0 Å². The van der Waals surface area contributed by atoms with E-state index < -0.39 is 5.82 Å². The van der Waals surface area contributed by atoms with Crippen molar-refractivity contribution in [3.63, 3.8) is 0 Å². The van der Waals surface area contributed by atoms with Crippen LogP contribution in [0.1, 0.15) is 29.6 Å². The highest BCUT2D eigenvalue weighted by Crippen LogP contribution is 2.28. The molecule has 0 aromatic heterocycles. The van der Waals surface area contributed by atoms with Crippen LogP contribution >= 0.6 is 15.9 Å². The topological polar surface area (TPSA) is 38.3 Å². The number of carbonyl (C=O) groups is 1. The van der Waals surface area contributed by atoms with Crippen LogP contribution in [0.25, 0.3) is 0 Å². The second kappa shape index (κ2) is 7.01. The van der Waals surface area contributed by atoms with E-state index in [1.54, 1.807) is 0 Å². The SMILES string of the molecule is O=C(NCCCOCC1CC1)c1cc(F)ccc1Br. The molecule has 1 amide bonds. The largest absolute Gasteiger partial charge is 0.381 e. The lowest BCUT2D eigenvalue weighted by Crippen LogP contribution is -2.25. The molecule has 0 bridgehead atoms. The summed E-state index contributed by atoms with van der Waals surface area (Å²) in [5, 5.41) is 2.76. The van der Waals surface area contributed by atoms with Gasteiger partial charge in [-0.3, -0.25) is 4.79 Å². The van der Waals surface area contributed by atoms with E-state index in [0.29, 0.717) is 23.2 Å². The Morgan fingerprint density at radius 1 is 1.47 bits per heavy atom. The molecule has 1 aromatic rings. The lowest BCUT2D eigenvalue weighted by atomic mass is 10.2. The van der Waals surface area contributed by atoms with Gasteiger partial charge < -0.3 is 10.1 Å². The Morgan fingerprint density at radius 2 is 2.26 bits per heavy atom. The van der Waals surface area contributed by atoms with Crippen molar-refractivity contribution < 1.29 is 13.9 Å². The molecule has 0 unspecified atom stereocenters. The molecule has 2 rings (SSSR count). The maximum atomic E-state index is 13.1. The van der Waals surface area contributed by atoms with Gasteiger partial charge in [-0.25, -0.2) is 4.39 Å². The van der Waals surface area contributed by atoms with E-state index in [0.717, 1.165) is 18.9 Å². The van der Waals surface area contributed by atoms with Crippen molar-refractivity contribution in [1.29, 1.82) is 0 Å². The third kappa shape index (κ3) is 4.91. The molecular weight excluding hydrogens is 313 g/mol. The Morgan fingerprint density at radius 3 is 3.00 bits per heavy atom. The lowest BCUT2D eigenvalue weighted by Gasteiger charge is -2.07. The van der Waals surface area contributed by atoms with Crippen LogP contribution in [-0.2, 0) is 4.74 Å². The number of ether oxygens (including phenoxy) is 1. The first-order valence-electron chi connectivity index (χ1n) is 6.48. The molecule has 1 fully saturated rings. The first kappa shape index (κ1) is 14.5. The average Bonchev–Trinajstić information content (AvgIpc) is 3.20. The van der Waals surface area contributed by atoms with E-state index in [-0.39, 0.29) is 5.91 Å². The Hall–Kier alpha value is -0.940. The summed E-state index contributed by atoms with van der Waals surface area (Å²) in [7, 11) is 0. The highest BCUT2D eigenvalue weighted by molar-refractivity contribution is 9.10. The fraction of sp³-hybridized carbons (Fsp3) is 0.500. The molecule has 0 heterocycles. The smallest absolute Gasteiger partial charge is 0.252 e. The first-order chi connectivity index (χ1) is 9.16. The summed E-state index contributed by atoms with van der Waals surface area (Å²) in [4.78, 5) is 11.8. The van der Waals surface area contributed by atoms with Gasteiger partial charge in [-0.1, -0.05) is 0 Å². The fourth-order valence-electron chi connectivity index (χ4n) is 1.68. The molecule has 19 heavy (non-hydrogen) atoms. The quantitative estimate of drug-likeness (QED) is 0.780. The van der Waals surface area contributed by atoms with Gasteiger partial charge in [-0.15, -0.1) is 0 Å². The van der Waals surface area contributed by atoms with Crippen molar-refractivity contribution in [3.05, 3.63) is 34.1 Å². The number of nitrogens with one attached hydrogen (secondary N) is 1. The van der Waals surface area contributed by atoms with Crippen molar-refractivity contribution in [1.82, 2.24) is 5.32 Å². The molecule has 1 aliphatic rings. The molecule has 0 radical (unpaired) electrons. The van der Waals surface area contributed by atoms with Crippen molar-refractivity contribution in [2.45, 2.75) is 19.3 Å². The first-order valence-corrected chi connectivity index (χ1v) is 7.27. The molecule has 0 saturated heterocycles. The molecule has 3 nitrogen and oxygen atoms in total. The van der Waals surface area contributed by atoms with E-state index in [1.165, 1.54) is 31.0 Å². The molecule has 0 spiro atoms. The van der Waals surface area contributed by atoms with Crippen LogP contribution in [-0.4, -0.2) is 25.7 Å². The highest BCUT2D eigenvalue weighted by Gasteiger charge is 2.20. The Balaban J connectivity index is 1.66. The third-order valence-corrected chi connectivity index (χ3v) is 3.67. The number of rotatable bonds is 7. The number of hydrogen-bond acceptors (Lipinski definition) is 2. The van der Waals surface area contributed by atoms with Crippen molar-refractivity contribution in [3.8, 4) is 0 Å². The maximum absolute atomic E-state index is 13.1. The molecule has 1 aromatic carbocycles. The van der Waals surface area contributed by atoms with Crippen LogP contribution in [0.4, 0.5) is 4.39 Å². The summed E-state index contributed by atoms with van der Waals surface area (Å²) in [5.41, 5.74) is 0.318. The van der Waals surface area contributed by atoms with Gasteiger partial charge in [0.05, 0.1) is 5.56 Å². The minimum Gasteiger partial charge on any atom is -0.381 e. The minimum absolute atomic E-state index is 0.270.